The van der Waals surface area contributed by atoms with Crippen molar-refractivity contribution in [3.05, 3.63) is 0 Å². The van der Waals surface area contributed by atoms with Crippen LogP contribution in [0.1, 0.15) is 26.7 Å². The fourth-order valence-corrected chi connectivity index (χ4v) is 2.32. The molecule has 0 fully saturated rings. The van der Waals surface area contributed by atoms with E-state index in [1.165, 1.54) is 0 Å². The molecule has 0 radical (unpaired) electrons. The van der Waals surface area contributed by atoms with E-state index in [1.807, 2.05) is 13.8 Å². The zero-order chi connectivity index (χ0) is 14.4. The second kappa shape index (κ2) is 7.37. The Kier molecular flexibility index (Phi) is 7.26. The summed E-state index contributed by atoms with van der Waals surface area (Å²) >= 11 is 0. The van der Waals surface area contributed by atoms with Gasteiger partial charge in [-0.15, -0.1) is 0 Å². The molecule has 0 amide bonds. The average Bonchev–Trinajstić information content (AvgIpc) is 2.24. The number of aliphatic hydroxyl groups excluding tert-OH is 3. The summed E-state index contributed by atoms with van der Waals surface area (Å²) < 4.78 is 29.6. The Morgan fingerprint density at radius 1 is 1.22 bits per heavy atom. The first-order valence-electron chi connectivity index (χ1n) is 5.77. The van der Waals surface area contributed by atoms with E-state index in [1.54, 1.807) is 0 Å². The fraction of sp³-hybridized carbons (Fsp3) is 1.00. The van der Waals surface area contributed by atoms with Gasteiger partial charge in [0.25, 0.3) is 10.1 Å². The minimum absolute atomic E-state index is 0.172. The van der Waals surface area contributed by atoms with Gasteiger partial charge < -0.3 is 15.3 Å². The molecule has 0 bridgehead atoms. The van der Waals surface area contributed by atoms with Gasteiger partial charge in [-0.2, -0.15) is 8.42 Å². The van der Waals surface area contributed by atoms with Crippen molar-refractivity contribution >= 4 is 10.1 Å². The summed E-state index contributed by atoms with van der Waals surface area (Å²) in [7, 11) is -4.14. The molecule has 110 valence electrons. The molecule has 8 heteroatoms. The van der Waals surface area contributed by atoms with E-state index in [4.69, 9.17) is 4.55 Å². The van der Waals surface area contributed by atoms with Crippen molar-refractivity contribution in [2.24, 2.45) is 5.92 Å². The number of aliphatic hydroxyl groups is 3. The predicted octanol–water partition coefficient (Wildman–Crippen LogP) is -1.06. The van der Waals surface area contributed by atoms with Crippen LogP contribution in [0.5, 0.6) is 0 Å². The van der Waals surface area contributed by atoms with E-state index >= 15 is 0 Å². The maximum Gasteiger partial charge on any atom is 0.265 e. The summed E-state index contributed by atoms with van der Waals surface area (Å²) in [5, 5.41) is 30.8. The van der Waals surface area contributed by atoms with Gasteiger partial charge in [0, 0.05) is 6.42 Å². The first-order chi connectivity index (χ1) is 8.14. The third kappa shape index (κ3) is 7.24. The van der Waals surface area contributed by atoms with Crippen LogP contribution < -0.4 is 5.32 Å². The van der Waals surface area contributed by atoms with Gasteiger partial charge >= 0.3 is 0 Å². The number of nitrogens with one attached hydrogen (secondary N) is 1. The maximum absolute atomic E-state index is 10.5. The van der Waals surface area contributed by atoms with Gasteiger partial charge in [0.1, 0.15) is 6.23 Å². The van der Waals surface area contributed by atoms with Crippen LogP contribution in [-0.2, 0) is 10.1 Å². The van der Waals surface area contributed by atoms with Crippen molar-refractivity contribution in [1.29, 1.82) is 0 Å². The van der Waals surface area contributed by atoms with Crippen LogP contribution in [0, 0.1) is 5.92 Å². The Labute approximate surface area is 108 Å². The standard InChI is InChI=1S/C10H23NO6S/c1-8(2)5-10(6-12,7-13)11-9(14)3-4-18(15,16)17/h8-9,11-14H,3-7H2,1-2H3,(H,15,16,17). The summed E-state index contributed by atoms with van der Waals surface area (Å²) in [5.41, 5.74) is -1.06. The van der Waals surface area contributed by atoms with E-state index < -0.39 is 27.6 Å². The molecular weight excluding hydrogens is 262 g/mol. The average molecular weight is 285 g/mol. The third-order valence-corrected chi connectivity index (χ3v) is 3.28. The highest BCUT2D eigenvalue weighted by atomic mass is 32.2. The van der Waals surface area contributed by atoms with E-state index in [2.05, 4.69) is 5.32 Å². The van der Waals surface area contributed by atoms with Gasteiger partial charge in [-0.05, 0) is 12.3 Å². The van der Waals surface area contributed by atoms with Crippen LogP contribution in [0.15, 0.2) is 0 Å². The van der Waals surface area contributed by atoms with Crippen LogP contribution in [0.25, 0.3) is 0 Å². The SMILES string of the molecule is CC(C)CC(CO)(CO)NC(O)CCS(=O)(=O)O. The molecule has 7 nitrogen and oxygen atoms in total. The highest BCUT2D eigenvalue weighted by molar-refractivity contribution is 7.85. The van der Waals surface area contributed by atoms with Crippen molar-refractivity contribution in [3.8, 4) is 0 Å². The molecular formula is C10H23NO6S. The molecule has 0 saturated carbocycles. The molecule has 0 saturated heterocycles. The van der Waals surface area contributed by atoms with Gasteiger partial charge in [-0.3, -0.25) is 9.87 Å². The minimum Gasteiger partial charge on any atom is -0.394 e. The molecule has 0 spiro atoms. The van der Waals surface area contributed by atoms with Gasteiger partial charge in [0.05, 0.1) is 24.5 Å². The molecule has 0 aromatic carbocycles. The largest absolute Gasteiger partial charge is 0.394 e. The van der Waals surface area contributed by atoms with Gasteiger partial charge in [-0.25, -0.2) is 0 Å². The van der Waals surface area contributed by atoms with Gasteiger partial charge in [-0.1, -0.05) is 13.8 Å². The third-order valence-electron chi connectivity index (χ3n) is 2.53. The molecule has 0 aliphatic heterocycles. The van der Waals surface area contributed by atoms with Crippen molar-refractivity contribution in [3.63, 3.8) is 0 Å². The number of rotatable bonds is 9. The maximum atomic E-state index is 10.5. The van der Waals surface area contributed by atoms with Crippen LogP contribution in [0.4, 0.5) is 0 Å². The number of hydrogen-bond donors (Lipinski definition) is 5. The Balaban J connectivity index is 4.48. The van der Waals surface area contributed by atoms with E-state index in [9.17, 15) is 23.7 Å². The number of hydrogen-bond acceptors (Lipinski definition) is 6. The lowest BCUT2D eigenvalue weighted by molar-refractivity contribution is 0.0139. The smallest absolute Gasteiger partial charge is 0.265 e. The van der Waals surface area contributed by atoms with E-state index in [0.717, 1.165) is 0 Å². The first kappa shape index (κ1) is 17.8. The lowest BCUT2D eigenvalue weighted by atomic mass is 9.90. The molecule has 0 rings (SSSR count). The van der Waals surface area contributed by atoms with Crippen LogP contribution in [0.3, 0.4) is 0 Å². The van der Waals surface area contributed by atoms with Crippen molar-refractivity contribution < 1.29 is 28.3 Å². The van der Waals surface area contributed by atoms with Gasteiger partial charge in [0.2, 0.25) is 0 Å². The molecule has 0 aliphatic rings. The molecule has 0 aliphatic carbocycles. The summed E-state index contributed by atoms with van der Waals surface area (Å²) in [4.78, 5) is 0. The second-order valence-electron chi connectivity index (χ2n) is 4.93. The lowest BCUT2D eigenvalue weighted by Gasteiger charge is -2.35. The monoisotopic (exact) mass is 285 g/mol. The molecule has 18 heavy (non-hydrogen) atoms. The molecule has 0 heterocycles. The quantitative estimate of drug-likeness (QED) is 0.270. The Bertz CT molecular complexity index is 325. The molecule has 0 aromatic heterocycles. The van der Waals surface area contributed by atoms with Crippen LogP contribution >= 0.6 is 0 Å². The minimum atomic E-state index is -4.14. The molecule has 5 N–H and O–H groups in total. The normalized spacial score (nSPS) is 15.1. The zero-order valence-electron chi connectivity index (χ0n) is 10.7. The Hall–Kier alpha value is -0.250. The Morgan fingerprint density at radius 2 is 1.72 bits per heavy atom. The summed E-state index contributed by atoms with van der Waals surface area (Å²) in [6.07, 6.45) is -1.04. The van der Waals surface area contributed by atoms with Crippen molar-refractivity contribution in [2.75, 3.05) is 19.0 Å². The van der Waals surface area contributed by atoms with E-state index in [-0.39, 0.29) is 25.6 Å². The van der Waals surface area contributed by atoms with E-state index in [0.29, 0.717) is 6.42 Å². The molecule has 1 unspecified atom stereocenters. The van der Waals surface area contributed by atoms with Crippen LogP contribution in [-0.4, -0.2) is 59.0 Å². The highest BCUT2D eigenvalue weighted by Crippen LogP contribution is 2.17. The Morgan fingerprint density at radius 3 is 2.06 bits per heavy atom. The molecule has 1 atom stereocenters. The zero-order valence-corrected chi connectivity index (χ0v) is 11.5. The van der Waals surface area contributed by atoms with Crippen molar-refractivity contribution in [1.82, 2.24) is 5.32 Å². The first-order valence-corrected chi connectivity index (χ1v) is 7.37. The second-order valence-corrected chi connectivity index (χ2v) is 6.50. The summed E-state index contributed by atoms with van der Waals surface area (Å²) in [6, 6.07) is 0. The van der Waals surface area contributed by atoms with Gasteiger partial charge in [0.15, 0.2) is 0 Å². The highest BCUT2D eigenvalue weighted by Gasteiger charge is 2.31. The van der Waals surface area contributed by atoms with Crippen molar-refractivity contribution in [2.45, 2.75) is 38.5 Å². The predicted molar refractivity (Wildman–Crippen MR) is 66.5 cm³/mol. The molecule has 0 aromatic rings. The summed E-state index contributed by atoms with van der Waals surface area (Å²) in [6.45, 7) is 3.02. The van der Waals surface area contributed by atoms with Crippen LogP contribution in [0.2, 0.25) is 0 Å². The topological polar surface area (TPSA) is 127 Å². The summed E-state index contributed by atoms with van der Waals surface area (Å²) in [5.74, 6) is -0.416. The lowest BCUT2D eigenvalue weighted by Crippen LogP contribution is -2.56. The fourth-order valence-electron chi connectivity index (χ4n) is 1.80.